The van der Waals surface area contributed by atoms with Crippen molar-refractivity contribution in [1.82, 2.24) is 19.9 Å². The number of nitrogens with one attached hydrogen (secondary N) is 1. The van der Waals surface area contributed by atoms with Gasteiger partial charge in [-0.25, -0.2) is 14.4 Å². The molecule has 126 valence electrons. The standard InChI is InChI=1S/C17H13FN4O2S/c18-12-4-2-1-3-10(12)16-19-7-14(25-16)17(24)22-6-5-11-13(8-22)20-9-21-15(11)23/h1-4,7,9H,5-6,8H2,(H,20,21,23). The number of hydrogen-bond donors (Lipinski definition) is 1. The quantitative estimate of drug-likeness (QED) is 0.764. The van der Waals surface area contributed by atoms with Gasteiger partial charge in [-0.2, -0.15) is 0 Å². The van der Waals surface area contributed by atoms with Crippen molar-refractivity contribution in [2.75, 3.05) is 6.54 Å². The SMILES string of the molecule is O=C(c1cnc(-c2ccccc2F)s1)N1CCc2c(nc[nH]c2=O)C1. The largest absolute Gasteiger partial charge is 0.332 e. The Balaban J connectivity index is 1.59. The Kier molecular flexibility index (Phi) is 3.89. The lowest BCUT2D eigenvalue weighted by Gasteiger charge is -2.26. The number of benzene rings is 1. The number of nitrogens with zero attached hydrogens (tertiary/aromatic N) is 3. The molecule has 0 atom stereocenters. The molecular weight excluding hydrogens is 343 g/mol. The third kappa shape index (κ3) is 2.85. The summed E-state index contributed by atoms with van der Waals surface area (Å²) in [7, 11) is 0. The van der Waals surface area contributed by atoms with Crippen molar-refractivity contribution in [2.24, 2.45) is 0 Å². The summed E-state index contributed by atoms with van der Waals surface area (Å²) in [4.78, 5) is 37.4. The number of H-pyrrole nitrogens is 1. The number of carbonyl (C=O) groups excluding carboxylic acids is 1. The highest BCUT2D eigenvalue weighted by molar-refractivity contribution is 7.16. The van der Waals surface area contributed by atoms with Gasteiger partial charge in [0, 0.05) is 17.7 Å². The topological polar surface area (TPSA) is 79.0 Å². The fourth-order valence-corrected chi connectivity index (χ4v) is 3.74. The molecule has 4 rings (SSSR count). The number of aromatic amines is 1. The van der Waals surface area contributed by atoms with Gasteiger partial charge in [0.15, 0.2) is 0 Å². The fourth-order valence-electron chi connectivity index (χ4n) is 2.83. The number of aromatic nitrogens is 3. The molecule has 0 aliphatic carbocycles. The summed E-state index contributed by atoms with van der Waals surface area (Å²) in [5, 5.41) is 0.466. The first kappa shape index (κ1) is 15.6. The summed E-state index contributed by atoms with van der Waals surface area (Å²) in [6.45, 7) is 0.721. The van der Waals surface area contributed by atoms with Crippen molar-refractivity contribution >= 4 is 17.2 Å². The Morgan fingerprint density at radius 2 is 2.12 bits per heavy atom. The van der Waals surface area contributed by atoms with Crippen LogP contribution in [0.4, 0.5) is 4.39 Å². The molecule has 3 aromatic rings. The fraction of sp³-hybridized carbons (Fsp3) is 0.176. The van der Waals surface area contributed by atoms with E-state index in [4.69, 9.17) is 0 Å². The molecule has 1 N–H and O–H groups in total. The molecule has 0 fully saturated rings. The second kappa shape index (κ2) is 6.21. The lowest BCUT2D eigenvalue weighted by molar-refractivity contribution is 0.0736. The third-order valence-corrected chi connectivity index (χ3v) is 5.14. The third-order valence-electron chi connectivity index (χ3n) is 4.12. The summed E-state index contributed by atoms with van der Waals surface area (Å²) >= 11 is 1.16. The van der Waals surface area contributed by atoms with Crippen LogP contribution in [-0.2, 0) is 13.0 Å². The van der Waals surface area contributed by atoms with Crippen LogP contribution in [0.15, 0.2) is 41.6 Å². The average molecular weight is 356 g/mol. The monoisotopic (exact) mass is 356 g/mol. The van der Waals surface area contributed by atoms with Gasteiger partial charge in [0.25, 0.3) is 11.5 Å². The Morgan fingerprint density at radius 1 is 1.28 bits per heavy atom. The van der Waals surface area contributed by atoms with Gasteiger partial charge >= 0.3 is 0 Å². The first-order chi connectivity index (χ1) is 12.1. The van der Waals surface area contributed by atoms with Crippen LogP contribution in [0.25, 0.3) is 10.6 Å². The van der Waals surface area contributed by atoms with Crippen molar-refractivity contribution < 1.29 is 9.18 Å². The molecule has 25 heavy (non-hydrogen) atoms. The van der Waals surface area contributed by atoms with E-state index in [1.54, 1.807) is 23.1 Å². The van der Waals surface area contributed by atoms with Gasteiger partial charge in [0.1, 0.15) is 15.7 Å². The molecule has 1 aliphatic heterocycles. The number of rotatable bonds is 2. The van der Waals surface area contributed by atoms with Crippen molar-refractivity contribution in [2.45, 2.75) is 13.0 Å². The second-order valence-electron chi connectivity index (χ2n) is 5.64. The first-order valence-electron chi connectivity index (χ1n) is 7.69. The highest BCUT2D eigenvalue weighted by atomic mass is 32.1. The number of fused-ring (bicyclic) bond motifs is 1. The molecule has 2 aromatic heterocycles. The van der Waals surface area contributed by atoms with Crippen LogP contribution < -0.4 is 5.56 Å². The van der Waals surface area contributed by atoms with E-state index in [2.05, 4.69) is 15.0 Å². The van der Waals surface area contributed by atoms with Crippen LogP contribution in [-0.4, -0.2) is 32.3 Å². The number of thiazole rings is 1. The van der Waals surface area contributed by atoms with Gasteiger partial charge in [-0.15, -0.1) is 11.3 Å². The zero-order valence-electron chi connectivity index (χ0n) is 13.0. The normalized spacial score (nSPS) is 13.6. The van der Waals surface area contributed by atoms with E-state index in [9.17, 15) is 14.0 Å². The van der Waals surface area contributed by atoms with Crippen molar-refractivity contribution in [3.05, 3.63) is 69.1 Å². The van der Waals surface area contributed by atoms with E-state index in [1.165, 1.54) is 18.6 Å². The number of carbonyl (C=O) groups is 1. The summed E-state index contributed by atoms with van der Waals surface area (Å²) in [5.74, 6) is -0.556. The minimum absolute atomic E-state index is 0.156. The summed E-state index contributed by atoms with van der Waals surface area (Å²) in [5.41, 5.74) is 1.46. The molecule has 0 spiro atoms. The van der Waals surface area contributed by atoms with E-state index < -0.39 is 0 Å². The maximum absolute atomic E-state index is 13.9. The van der Waals surface area contributed by atoms with Gasteiger partial charge in [-0.1, -0.05) is 12.1 Å². The number of hydrogen-bond acceptors (Lipinski definition) is 5. The Labute approximate surface area is 146 Å². The Morgan fingerprint density at radius 3 is 2.96 bits per heavy atom. The minimum atomic E-state index is -0.369. The molecule has 1 amide bonds. The molecule has 0 saturated carbocycles. The molecule has 1 aromatic carbocycles. The van der Waals surface area contributed by atoms with Crippen LogP contribution in [0.5, 0.6) is 0 Å². The van der Waals surface area contributed by atoms with Gasteiger partial charge in [0.05, 0.1) is 24.8 Å². The van der Waals surface area contributed by atoms with E-state index in [1.807, 2.05) is 0 Å². The van der Waals surface area contributed by atoms with Crippen molar-refractivity contribution in [3.8, 4) is 10.6 Å². The first-order valence-corrected chi connectivity index (χ1v) is 8.50. The number of amides is 1. The second-order valence-corrected chi connectivity index (χ2v) is 6.67. The molecule has 8 heteroatoms. The van der Waals surface area contributed by atoms with Crippen LogP contribution in [0.2, 0.25) is 0 Å². The van der Waals surface area contributed by atoms with Crippen LogP contribution in [0.3, 0.4) is 0 Å². The Bertz CT molecular complexity index is 1010. The Hall–Kier alpha value is -2.87. The van der Waals surface area contributed by atoms with Crippen molar-refractivity contribution in [1.29, 1.82) is 0 Å². The summed E-state index contributed by atoms with van der Waals surface area (Å²) in [6, 6.07) is 6.34. The zero-order chi connectivity index (χ0) is 17.4. The maximum atomic E-state index is 13.9. The van der Waals surface area contributed by atoms with E-state index in [0.717, 1.165) is 11.3 Å². The van der Waals surface area contributed by atoms with Crippen LogP contribution >= 0.6 is 11.3 Å². The van der Waals surface area contributed by atoms with Gasteiger partial charge in [-0.05, 0) is 18.6 Å². The van der Waals surface area contributed by atoms with Gasteiger partial charge < -0.3 is 9.88 Å². The van der Waals surface area contributed by atoms with E-state index in [-0.39, 0.29) is 23.8 Å². The molecule has 0 saturated heterocycles. The highest BCUT2D eigenvalue weighted by Gasteiger charge is 2.26. The zero-order valence-corrected chi connectivity index (χ0v) is 13.8. The van der Waals surface area contributed by atoms with Crippen molar-refractivity contribution in [3.63, 3.8) is 0 Å². The molecule has 1 aliphatic rings. The van der Waals surface area contributed by atoms with Gasteiger partial charge in [0.2, 0.25) is 0 Å². The van der Waals surface area contributed by atoms with E-state index in [0.29, 0.717) is 39.7 Å². The highest BCUT2D eigenvalue weighted by Crippen LogP contribution is 2.28. The number of halogens is 1. The lowest BCUT2D eigenvalue weighted by Crippen LogP contribution is -2.38. The molecular formula is C17H13FN4O2S. The smallest absolute Gasteiger partial charge is 0.265 e. The van der Waals surface area contributed by atoms with Gasteiger partial charge in [-0.3, -0.25) is 9.59 Å². The van der Waals surface area contributed by atoms with E-state index >= 15 is 0 Å². The van der Waals surface area contributed by atoms with Crippen LogP contribution in [0.1, 0.15) is 20.9 Å². The average Bonchev–Trinajstić information content (AvgIpc) is 3.11. The molecule has 0 unspecified atom stereocenters. The molecule has 6 nitrogen and oxygen atoms in total. The van der Waals surface area contributed by atoms with Crippen LogP contribution in [0, 0.1) is 5.82 Å². The maximum Gasteiger partial charge on any atom is 0.265 e. The predicted octanol–water partition coefficient (Wildman–Crippen LogP) is 2.23. The molecule has 0 radical (unpaired) electrons. The summed E-state index contributed by atoms with van der Waals surface area (Å²) < 4.78 is 13.9. The summed E-state index contributed by atoms with van der Waals surface area (Å²) in [6.07, 6.45) is 3.27. The lowest BCUT2D eigenvalue weighted by atomic mass is 10.1. The molecule has 0 bridgehead atoms. The minimum Gasteiger partial charge on any atom is -0.332 e. The predicted molar refractivity (Wildman–Crippen MR) is 90.8 cm³/mol. The molecule has 3 heterocycles.